The average Bonchev–Trinajstić information content (AvgIpc) is 2.64. The van der Waals surface area contributed by atoms with Crippen LogP contribution in [0.1, 0.15) is 18.4 Å². The number of fused-ring (bicyclic) bond motifs is 1. The molecule has 1 aliphatic rings. The smallest absolute Gasteiger partial charge is 0.119 e. The van der Waals surface area contributed by atoms with Crippen LogP contribution >= 0.6 is 0 Å². The summed E-state index contributed by atoms with van der Waals surface area (Å²) in [4.78, 5) is 4.60. The van der Waals surface area contributed by atoms with Gasteiger partial charge in [-0.2, -0.15) is 0 Å². The van der Waals surface area contributed by atoms with E-state index >= 15 is 0 Å². The van der Waals surface area contributed by atoms with Gasteiger partial charge in [-0.05, 0) is 62.2 Å². The number of ether oxygens (including phenoxy) is 1. The Bertz CT molecular complexity index is 836. The molecule has 1 N–H and O–H groups in total. The highest BCUT2D eigenvalue weighted by Gasteiger charge is 2.14. The van der Waals surface area contributed by atoms with Crippen LogP contribution in [0.5, 0.6) is 5.75 Å². The molecule has 0 aliphatic carbocycles. The Balaban J connectivity index is 1.59. The van der Waals surface area contributed by atoms with Crippen molar-refractivity contribution in [3.63, 3.8) is 0 Å². The average molecular weight is 318 g/mol. The molecule has 0 amide bonds. The predicted molar refractivity (Wildman–Crippen MR) is 98.4 cm³/mol. The summed E-state index contributed by atoms with van der Waals surface area (Å²) in [6.07, 6.45) is 4.46. The highest BCUT2D eigenvalue weighted by Crippen LogP contribution is 2.29. The Labute approximate surface area is 142 Å². The standard InChI is InChI=1S/C21H22N2O/c1-15-19-4-2-3-5-21(19)23-14-20(15)16-6-8-17(9-7-16)24-18-10-12-22-13-11-18/h2-9,14,18,22H,10-13H2,1H3. The Morgan fingerprint density at radius 3 is 2.54 bits per heavy atom. The summed E-state index contributed by atoms with van der Waals surface area (Å²) in [5, 5.41) is 4.58. The molecule has 1 saturated heterocycles. The first-order valence-corrected chi connectivity index (χ1v) is 8.63. The molecule has 0 saturated carbocycles. The van der Waals surface area contributed by atoms with Crippen molar-refractivity contribution in [2.45, 2.75) is 25.9 Å². The number of pyridine rings is 1. The van der Waals surface area contributed by atoms with Crippen molar-refractivity contribution in [2.24, 2.45) is 0 Å². The molecule has 24 heavy (non-hydrogen) atoms. The molecule has 4 rings (SSSR count). The van der Waals surface area contributed by atoms with E-state index in [1.165, 1.54) is 22.1 Å². The number of para-hydroxylation sites is 1. The SMILES string of the molecule is Cc1c(-c2ccc(OC3CCNCC3)cc2)cnc2ccccc12. The lowest BCUT2D eigenvalue weighted by molar-refractivity contribution is 0.162. The van der Waals surface area contributed by atoms with Crippen molar-refractivity contribution in [2.75, 3.05) is 13.1 Å². The van der Waals surface area contributed by atoms with E-state index in [9.17, 15) is 0 Å². The van der Waals surface area contributed by atoms with Gasteiger partial charge >= 0.3 is 0 Å². The van der Waals surface area contributed by atoms with E-state index in [1.54, 1.807) is 0 Å². The zero-order valence-corrected chi connectivity index (χ0v) is 14.0. The summed E-state index contributed by atoms with van der Waals surface area (Å²) in [5.41, 5.74) is 4.68. The minimum atomic E-state index is 0.334. The van der Waals surface area contributed by atoms with E-state index in [-0.39, 0.29) is 0 Å². The van der Waals surface area contributed by atoms with Crippen LogP contribution in [0.3, 0.4) is 0 Å². The van der Waals surface area contributed by atoms with Gasteiger partial charge in [0.15, 0.2) is 0 Å². The number of aromatic nitrogens is 1. The molecule has 1 aromatic heterocycles. The van der Waals surface area contributed by atoms with E-state index in [2.05, 4.69) is 59.7 Å². The number of nitrogens with zero attached hydrogens (tertiary/aromatic N) is 1. The lowest BCUT2D eigenvalue weighted by Gasteiger charge is -2.23. The van der Waals surface area contributed by atoms with E-state index in [4.69, 9.17) is 4.74 Å². The van der Waals surface area contributed by atoms with Gasteiger partial charge in [-0.3, -0.25) is 4.98 Å². The third-order valence-corrected chi connectivity index (χ3v) is 4.80. The molecule has 1 fully saturated rings. The number of hydrogen-bond acceptors (Lipinski definition) is 3. The lowest BCUT2D eigenvalue weighted by Crippen LogP contribution is -2.34. The number of piperidine rings is 1. The fraction of sp³-hybridized carbons (Fsp3) is 0.286. The molecule has 0 bridgehead atoms. The first-order chi connectivity index (χ1) is 11.8. The van der Waals surface area contributed by atoms with Crippen LogP contribution in [0.25, 0.3) is 22.0 Å². The second-order valence-corrected chi connectivity index (χ2v) is 6.41. The van der Waals surface area contributed by atoms with Crippen LogP contribution in [0, 0.1) is 6.92 Å². The minimum absolute atomic E-state index is 0.334. The van der Waals surface area contributed by atoms with E-state index in [0.29, 0.717) is 6.10 Å². The molecule has 0 radical (unpaired) electrons. The fourth-order valence-corrected chi connectivity index (χ4v) is 3.39. The van der Waals surface area contributed by atoms with Gasteiger partial charge in [-0.25, -0.2) is 0 Å². The van der Waals surface area contributed by atoms with Gasteiger partial charge < -0.3 is 10.1 Å². The highest BCUT2D eigenvalue weighted by molar-refractivity contribution is 5.88. The van der Waals surface area contributed by atoms with Crippen molar-refractivity contribution in [1.82, 2.24) is 10.3 Å². The summed E-state index contributed by atoms with van der Waals surface area (Å²) < 4.78 is 6.09. The van der Waals surface area contributed by atoms with Crippen LogP contribution in [-0.4, -0.2) is 24.2 Å². The molecule has 0 atom stereocenters. The van der Waals surface area contributed by atoms with Crippen molar-refractivity contribution in [1.29, 1.82) is 0 Å². The van der Waals surface area contributed by atoms with Crippen molar-refractivity contribution in [3.05, 3.63) is 60.3 Å². The monoisotopic (exact) mass is 318 g/mol. The maximum atomic E-state index is 6.09. The summed E-state index contributed by atoms with van der Waals surface area (Å²) in [5.74, 6) is 0.956. The Kier molecular flexibility index (Phi) is 4.18. The van der Waals surface area contributed by atoms with E-state index in [1.807, 2.05) is 12.3 Å². The maximum Gasteiger partial charge on any atom is 0.119 e. The van der Waals surface area contributed by atoms with Gasteiger partial charge in [0.05, 0.1) is 5.52 Å². The molecule has 0 unspecified atom stereocenters. The van der Waals surface area contributed by atoms with Crippen molar-refractivity contribution < 1.29 is 4.74 Å². The quantitative estimate of drug-likeness (QED) is 0.780. The Morgan fingerprint density at radius 1 is 1.00 bits per heavy atom. The van der Waals surface area contributed by atoms with Crippen LogP contribution in [0.15, 0.2) is 54.7 Å². The minimum Gasteiger partial charge on any atom is -0.490 e. The maximum absolute atomic E-state index is 6.09. The first-order valence-electron chi connectivity index (χ1n) is 8.63. The highest BCUT2D eigenvalue weighted by atomic mass is 16.5. The molecule has 3 heteroatoms. The predicted octanol–water partition coefficient (Wildman–Crippen LogP) is 4.34. The number of aryl methyl sites for hydroxylation is 1. The van der Waals surface area contributed by atoms with E-state index < -0.39 is 0 Å². The Hall–Kier alpha value is -2.39. The number of hydrogen-bond donors (Lipinski definition) is 1. The summed E-state index contributed by atoms with van der Waals surface area (Å²) in [7, 11) is 0. The van der Waals surface area contributed by atoms with Gasteiger partial charge in [0.2, 0.25) is 0 Å². The van der Waals surface area contributed by atoms with E-state index in [0.717, 1.165) is 37.2 Å². The summed E-state index contributed by atoms with van der Waals surface area (Å²) >= 11 is 0. The normalized spacial score (nSPS) is 15.5. The van der Waals surface area contributed by atoms with Crippen LogP contribution in [0.2, 0.25) is 0 Å². The Morgan fingerprint density at radius 2 is 1.75 bits per heavy atom. The largest absolute Gasteiger partial charge is 0.490 e. The third kappa shape index (κ3) is 3.00. The molecular weight excluding hydrogens is 296 g/mol. The zero-order chi connectivity index (χ0) is 16.4. The number of rotatable bonds is 3. The second kappa shape index (κ2) is 6.62. The summed E-state index contributed by atoms with van der Waals surface area (Å²) in [6.45, 7) is 4.26. The molecular formula is C21H22N2O. The number of benzene rings is 2. The lowest BCUT2D eigenvalue weighted by atomic mass is 9.99. The fourth-order valence-electron chi connectivity index (χ4n) is 3.39. The molecule has 0 spiro atoms. The molecule has 1 aliphatic heterocycles. The van der Waals surface area contributed by atoms with Crippen molar-refractivity contribution >= 4 is 10.9 Å². The number of nitrogens with one attached hydrogen (secondary N) is 1. The van der Waals surface area contributed by atoms with Gasteiger partial charge in [-0.15, -0.1) is 0 Å². The van der Waals surface area contributed by atoms with Gasteiger partial charge in [0, 0.05) is 17.1 Å². The topological polar surface area (TPSA) is 34.1 Å². The first kappa shape index (κ1) is 15.2. The third-order valence-electron chi connectivity index (χ3n) is 4.80. The van der Waals surface area contributed by atoms with Gasteiger partial charge in [-0.1, -0.05) is 30.3 Å². The molecule has 122 valence electrons. The second-order valence-electron chi connectivity index (χ2n) is 6.41. The molecule has 3 aromatic rings. The van der Waals surface area contributed by atoms with Gasteiger partial charge in [0.25, 0.3) is 0 Å². The van der Waals surface area contributed by atoms with Crippen LogP contribution < -0.4 is 10.1 Å². The molecule has 3 nitrogen and oxygen atoms in total. The van der Waals surface area contributed by atoms with Crippen LogP contribution in [-0.2, 0) is 0 Å². The van der Waals surface area contributed by atoms with Gasteiger partial charge in [0.1, 0.15) is 11.9 Å². The zero-order valence-electron chi connectivity index (χ0n) is 14.0. The van der Waals surface area contributed by atoms with Crippen LogP contribution in [0.4, 0.5) is 0 Å². The molecule has 2 aromatic carbocycles. The summed E-state index contributed by atoms with van der Waals surface area (Å²) in [6, 6.07) is 16.7. The van der Waals surface area contributed by atoms with Crippen molar-refractivity contribution in [3.8, 4) is 16.9 Å². The molecule has 2 heterocycles.